The molecule has 0 fully saturated rings. The Morgan fingerprint density at radius 3 is 2.85 bits per heavy atom. The first-order valence-corrected chi connectivity index (χ1v) is 5.22. The average Bonchev–Trinajstić information content (AvgIpc) is 2.10. The Kier molecular flexibility index (Phi) is 4.45. The number of rotatable bonds is 3. The number of benzene rings is 1. The Hall–Kier alpha value is 0.160. The predicted molar refractivity (Wildman–Crippen MR) is 61.0 cm³/mol. The third-order valence-electron chi connectivity index (χ3n) is 1.65. The number of halogens is 2. The van der Waals surface area contributed by atoms with Crippen molar-refractivity contribution in [2.75, 3.05) is 13.7 Å². The average molecular weight is 313 g/mol. The highest BCUT2D eigenvalue weighted by Crippen LogP contribution is 2.23. The minimum absolute atomic E-state index is 0.289. The third kappa shape index (κ3) is 3.09. The predicted octanol–water partition coefficient (Wildman–Crippen LogP) is 2.62. The summed E-state index contributed by atoms with van der Waals surface area (Å²) in [4.78, 5) is 0. The first-order valence-electron chi connectivity index (χ1n) is 3.77. The SMILES string of the molecule is COCC(O)c1ccc(I)c(Cl)c1. The quantitative estimate of drug-likeness (QED) is 0.870. The molecule has 0 aliphatic heterocycles. The van der Waals surface area contributed by atoms with Crippen molar-refractivity contribution in [1.82, 2.24) is 0 Å². The van der Waals surface area contributed by atoms with Gasteiger partial charge in [0.15, 0.2) is 0 Å². The molecule has 0 radical (unpaired) electrons. The lowest BCUT2D eigenvalue weighted by atomic mass is 10.1. The topological polar surface area (TPSA) is 29.5 Å². The van der Waals surface area contributed by atoms with E-state index >= 15 is 0 Å². The molecule has 0 bridgehead atoms. The molecule has 1 aromatic rings. The van der Waals surface area contributed by atoms with Crippen LogP contribution in [0.15, 0.2) is 18.2 Å². The molecule has 4 heteroatoms. The van der Waals surface area contributed by atoms with Crippen LogP contribution < -0.4 is 0 Å². The standard InChI is InChI=1S/C9H10ClIO2/c1-13-5-9(12)6-2-3-8(11)7(10)4-6/h2-4,9,12H,5H2,1H3. The normalized spacial score (nSPS) is 12.9. The van der Waals surface area contributed by atoms with Gasteiger partial charge in [-0.2, -0.15) is 0 Å². The molecule has 1 aromatic carbocycles. The molecule has 0 saturated carbocycles. The Morgan fingerprint density at radius 2 is 2.31 bits per heavy atom. The number of hydrogen-bond acceptors (Lipinski definition) is 2. The van der Waals surface area contributed by atoms with Crippen molar-refractivity contribution in [3.05, 3.63) is 32.4 Å². The van der Waals surface area contributed by atoms with Crippen LogP contribution in [0.4, 0.5) is 0 Å². The molecule has 2 nitrogen and oxygen atoms in total. The van der Waals surface area contributed by atoms with Gasteiger partial charge >= 0.3 is 0 Å². The maximum atomic E-state index is 9.55. The summed E-state index contributed by atoms with van der Waals surface area (Å²) in [6.45, 7) is 0.289. The number of methoxy groups -OCH3 is 1. The molecule has 1 unspecified atom stereocenters. The van der Waals surface area contributed by atoms with Crippen LogP contribution >= 0.6 is 34.2 Å². The fraction of sp³-hybridized carbons (Fsp3) is 0.333. The Morgan fingerprint density at radius 1 is 1.62 bits per heavy atom. The summed E-state index contributed by atoms with van der Waals surface area (Å²) in [5.41, 5.74) is 0.785. The van der Waals surface area contributed by atoms with Crippen molar-refractivity contribution in [3.63, 3.8) is 0 Å². The van der Waals surface area contributed by atoms with E-state index in [4.69, 9.17) is 16.3 Å². The van der Waals surface area contributed by atoms with Gasteiger partial charge in [-0.15, -0.1) is 0 Å². The van der Waals surface area contributed by atoms with E-state index in [0.717, 1.165) is 9.13 Å². The number of aliphatic hydroxyl groups is 1. The summed E-state index contributed by atoms with van der Waals surface area (Å²) < 4.78 is 5.81. The Balaban J connectivity index is 2.84. The van der Waals surface area contributed by atoms with Crippen molar-refractivity contribution in [2.24, 2.45) is 0 Å². The molecule has 0 aromatic heterocycles. The molecule has 0 aliphatic carbocycles. The summed E-state index contributed by atoms with van der Waals surface area (Å²) in [5.74, 6) is 0. The van der Waals surface area contributed by atoms with Gasteiger partial charge in [0.25, 0.3) is 0 Å². The molecular formula is C9H10ClIO2. The zero-order chi connectivity index (χ0) is 9.84. The van der Waals surface area contributed by atoms with Crippen molar-refractivity contribution in [2.45, 2.75) is 6.10 Å². The van der Waals surface area contributed by atoms with Crippen LogP contribution in [0.1, 0.15) is 11.7 Å². The Labute approximate surface area is 96.0 Å². The van der Waals surface area contributed by atoms with Gasteiger partial charge in [0.1, 0.15) is 6.10 Å². The number of aliphatic hydroxyl groups excluding tert-OH is 1. The molecule has 1 rings (SSSR count). The highest BCUT2D eigenvalue weighted by Gasteiger charge is 2.08. The van der Waals surface area contributed by atoms with Crippen LogP contribution in [-0.4, -0.2) is 18.8 Å². The molecule has 1 atom stereocenters. The monoisotopic (exact) mass is 312 g/mol. The fourth-order valence-corrected chi connectivity index (χ4v) is 1.50. The van der Waals surface area contributed by atoms with Crippen LogP contribution in [0.3, 0.4) is 0 Å². The van der Waals surface area contributed by atoms with Gasteiger partial charge < -0.3 is 9.84 Å². The van der Waals surface area contributed by atoms with Gasteiger partial charge in [-0.05, 0) is 40.3 Å². The second-order valence-corrected chi connectivity index (χ2v) is 4.21. The van der Waals surface area contributed by atoms with E-state index in [1.807, 2.05) is 12.1 Å². The minimum Gasteiger partial charge on any atom is -0.386 e. The lowest BCUT2D eigenvalue weighted by Crippen LogP contribution is -2.04. The summed E-state index contributed by atoms with van der Waals surface area (Å²) in [6, 6.07) is 5.47. The van der Waals surface area contributed by atoms with Gasteiger partial charge in [0.05, 0.1) is 11.6 Å². The third-order valence-corrected chi connectivity index (χ3v) is 3.23. The van der Waals surface area contributed by atoms with E-state index in [-0.39, 0.29) is 6.61 Å². The zero-order valence-corrected chi connectivity index (χ0v) is 10.0. The first-order chi connectivity index (χ1) is 6.15. The lowest BCUT2D eigenvalue weighted by Gasteiger charge is -2.10. The first kappa shape index (κ1) is 11.2. The van der Waals surface area contributed by atoms with Crippen molar-refractivity contribution < 1.29 is 9.84 Å². The van der Waals surface area contributed by atoms with Crippen LogP contribution in [0.5, 0.6) is 0 Å². The molecule has 72 valence electrons. The van der Waals surface area contributed by atoms with Gasteiger partial charge in [-0.25, -0.2) is 0 Å². The molecule has 1 N–H and O–H groups in total. The maximum Gasteiger partial charge on any atom is 0.102 e. The molecule has 13 heavy (non-hydrogen) atoms. The molecule has 0 saturated heterocycles. The fourth-order valence-electron chi connectivity index (χ4n) is 0.974. The molecule has 0 aliphatic rings. The molecule has 0 amide bonds. The highest BCUT2D eigenvalue weighted by molar-refractivity contribution is 14.1. The van der Waals surface area contributed by atoms with E-state index < -0.39 is 6.10 Å². The lowest BCUT2D eigenvalue weighted by molar-refractivity contribution is 0.0644. The van der Waals surface area contributed by atoms with Gasteiger partial charge in [0.2, 0.25) is 0 Å². The second-order valence-electron chi connectivity index (χ2n) is 2.64. The van der Waals surface area contributed by atoms with E-state index in [1.54, 1.807) is 13.2 Å². The van der Waals surface area contributed by atoms with Crippen LogP contribution in [-0.2, 0) is 4.74 Å². The van der Waals surface area contributed by atoms with E-state index in [2.05, 4.69) is 22.6 Å². The second kappa shape index (κ2) is 5.14. The van der Waals surface area contributed by atoms with Gasteiger partial charge in [0, 0.05) is 10.7 Å². The summed E-state index contributed by atoms with van der Waals surface area (Å²) >= 11 is 8.04. The minimum atomic E-state index is -0.598. The van der Waals surface area contributed by atoms with E-state index in [9.17, 15) is 5.11 Å². The Bertz CT molecular complexity index is 291. The van der Waals surface area contributed by atoms with E-state index in [0.29, 0.717) is 5.02 Å². The smallest absolute Gasteiger partial charge is 0.102 e. The summed E-state index contributed by atoms with van der Waals surface area (Å²) in [6.07, 6.45) is -0.598. The van der Waals surface area contributed by atoms with Gasteiger partial charge in [-0.3, -0.25) is 0 Å². The van der Waals surface area contributed by atoms with Crippen LogP contribution in [0, 0.1) is 3.57 Å². The number of ether oxygens (including phenoxy) is 1. The largest absolute Gasteiger partial charge is 0.386 e. The van der Waals surface area contributed by atoms with Crippen LogP contribution in [0.25, 0.3) is 0 Å². The van der Waals surface area contributed by atoms with Crippen LogP contribution in [0.2, 0.25) is 5.02 Å². The molecule has 0 heterocycles. The van der Waals surface area contributed by atoms with Gasteiger partial charge in [-0.1, -0.05) is 17.7 Å². The summed E-state index contributed by atoms with van der Waals surface area (Å²) in [5, 5.41) is 10.2. The van der Waals surface area contributed by atoms with Crippen molar-refractivity contribution in [1.29, 1.82) is 0 Å². The van der Waals surface area contributed by atoms with Crippen molar-refractivity contribution >= 4 is 34.2 Å². The molecular weight excluding hydrogens is 302 g/mol. The summed E-state index contributed by atoms with van der Waals surface area (Å²) in [7, 11) is 1.55. The zero-order valence-electron chi connectivity index (χ0n) is 7.13. The highest BCUT2D eigenvalue weighted by atomic mass is 127. The number of hydrogen-bond donors (Lipinski definition) is 1. The van der Waals surface area contributed by atoms with E-state index in [1.165, 1.54) is 0 Å². The maximum absolute atomic E-state index is 9.55. The van der Waals surface area contributed by atoms with Crippen molar-refractivity contribution in [3.8, 4) is 0 Å². The molecule has 0 spiro atoms.